The zero-order chi connectivity index (χ0) is 11.7. The highest BCUT2D eigenvalue weighted by Crippen LogP contribution is 2.38. The molecule has 0 heterocycles. The van der Waals surface area contributed by atoms with E-state index in [1.807, 2.05) is 0 Å². The van der Waals surface area contributed by atoms with E-state index in [9.17, 15) is 15.0 Å². The molecule has 4 nitrogen and oxygen atoms in total. The summed E-state index contributed by atoms with van der Waals surface area (Å²) in [6.45, 7) is 0. The topological polar surface area (TPSA) is 66.8 Å². The number of methoxy groups -OCH3 is 1. The zero-order valence-corrected chi connectivity index (χ0v) is 9.01. The molecule has 0 amide bonds. The van der Waals surface area contributed by atoms with Crippen LogP contribution in [0.1, 0.15) is 23.7 Å². The Morgan fingerprint density at radius 1 is 1.50 bits per heavy atom. The molecule has 2 unspecified atom stereocenters. The number of aliphatic hydroxyl groups is 1. The van der Waals surface area contributed by atoms with Gasteiger partial charge in [0.2, 0.25) is 0 Å². The van der Waals surface area contributed by atoms with E-state index in [2.05, 4.69) is 4.74 Å². The summed E-state index contributed by atoms with van der Waals surface area (Å²) >= 11 is 0. The normalized spacial score (nSPS) is 23.6. The Morgan fingerprint density at radius 3 is 2.94 bits per heavy atom. The largest absolute Gasteiger partial charge is 0.508 e. The minimum atomic E-state index is -0.886. The van der Waals surface area contributed by atoms with Crippen LogP contribution in [0.2, 0.25) is 0 Å². The first kappa shape index (κ1) is 11.0. The summed E-state index contributed by atoms with van der Waals surface area (Å²) in [5, 5.41) is 19.7. The highest BCUT2D eigenvalue weighted by Gasteiger charge is 2.34. The monoisotopic (exact) mass is 222 g/mol. The summed E-state index contributed by atoms with van der Waals surface area (Å²) in [6.07, 6.45) is 0.195. The van der Waals surface area contributed by atoms with Crippen molar-refractivity contribution in [2.45, 2.75) is 18.9 Å². The molecule has 1 aromatic rings. The van der Waals surface area contributed by atoms with Gasteiger partial charge in [-0.1, -0.05) is 12.1 Å². The predicted molar refractivity (Wildman–Crippen MR) is 56.9 cm³/mol. The lowest BCUT2D eigenvalue weighted by Crippen LogP contribution is -2.28. The summed E-state index contributed by atoms with van der Waals surface area (Å²) in [5.74, 6) is -0.749. The molecule has 2 N–H and O–H groups in total. The predicted octanol–water partition coefficient (Wildman–Crippen LogP) is 1.16. The van der Waals surface area contributed by atoms with Crippen LogP contribution in [0.4, 0.5) is 0 Å². The smallest absolute Gasteiger partial charge is 0.311 e. The molecule has 0 radical (unpaired) electrons. The average molecular weight is 222 g/mol. The van der Waals surface area contributed by atoms with E-state index >= 15 is 0 Å². The van der Waals surface area contributed by atoms with Crippen molar-refractivity contribution in [2.75, 3.05) is 7.11 Å². The number of fused-ring (bicyclic) bond motifs is 1. The number of phenols is 1. The standard InChI is InChI=1S/C12H14O4/c1-16-12(15)9-6-5-7-8(11(9)14)3-2-4-10(7)13/h2-4,9,11,13-14H,5-6H2,1H3. The van der Waals surface area contributed by atoms with Crippen molar-refractivity contribution in [3.05, 3.63) is 29.3 Å². The van der Waals surface area contributed by atoms with Crippen LogP contribution >= 0.6 is 0 Å². The molecule has 86 valence electrons. The second-order valence-corrected chi connectivity index (χ2v) is 3.96. The maximum atomic E-state index is 11.4. The van der Waals surface area contributed by atoms with Crippen LogP contribution in [0.5, 0.6) is 5.75 Å². The molecule has 0 fully saturated rings. The third-order valence-corrected chi connectivity index (χ3v) is 3.10. The summed E-state index contributed by atoms with van der Waals surface area (Å²) < 4.78 is 4.64. The van der Waals surface area contributed by atoms with Gasteiger partial charge in [-0.3, -0.25) is 4.79 Å². The van der Waals surface area contributed by atoms with Crippen molar-refractivity contribution in [3.8, 4) is 5.75 Å². The number of esters is 1. The van der Waals surface area contributed by atoms with Crippen molar-refractivity contribution in [2.24, 2.45) is 5.92 Å². The second-order valence-electron chi connectivity index (χ2n) is 3.96. The Kier molecular flexibility index (Phi) is 2.83. The quantitative estimate of drug-likeness (QED) is 0.700. The molecule has 16 heavy (non-hydrogen) atoms. The fourth-order valence-corrected chi connectivity index (χ4v) is 2.21. The molecular weight excluding hydrogens is 208 g/mol. The molecule has 0 spiro atoms. The van der Waals surface area contributed by atoms with Crippen LogP contribution < -0.4 is 0 Å². The van der Waals surface area contributed by atoms with E-state index in [-0.39, 0.29) is 5.75 Å². The van der Waals surface area contributed by atoms with Crippen LogP contribution in [0.3, 0.4) is 0 Å². The van der Waals surface area contributed by atoms with Gasteiger partial charge in [0, 0.05) is 0 Å². The highest BCUT2D eigenvalue weighted by molar-refractivity contribution is 5.74. The van der Waals surface area contributed by atoms with Crippen molar-refractivity contribution in [1.29, 1.82) is 0 Å². The van der Waals surface area contributed by atoms with Gasteiger partial charge in [-0.2, -0.15) is 0 Å². The maximum Gasteiger partial charge on any atom is 0.311 e. The molecule has 2 rings (SSSR count). The lowest BCUT2D eigenvalue weighted by Gasteiger charge is -2.28. The number of aliphatic hydroxyl groups excluding tert-OH is 1. The fourth-order valence-electron chi connectivity index (χ4n) is 2.21. The molecule has 1 aliphatic rings. The number of hydrogen-bond donors (Lipinski definition) is 2. The first-order valence-electron chi connectivity index (χ1n) is 5.21. The number of rotatable bonds is 1. The van der Waals surface area contributed by atoms with Crippen LogP contribution in [0, 0.1) is 5.92 Å². The molecular formula is C12H14O4. The van der Waals surface area contributed by atoms with E-state index in [1.54, 1.807) is 18.2 Å². The van der Waals surface area contributed by atoms with Crippen LogP contribution in [0.25, 0.3) is 0 Å². The van der Waals surface area contributed by atoms with Gasteiger partial charge in [-0.05, 0) is 30.0 Å². The molecule has 4 heteroatoms. The summed E-state index contributed by atoms with van der Waals surface area (Å²) in [4.78, 5) is 11.4. The molecule has 1 aromatic carbocycles. The van der Waals surface area contributed by atoms with Gasteiger partial charge in [-0.15, -0.1) is 0 Å². The van der Waals surface area contributed by atoms with Crippen molar-refractivity contribution in [1.82, 2.24) is 0 Å². The van der Waals surface area contributed by atoms with E-state index in [1.165, 1.54) is 7.11 Å². The molecule has 0 saturated carbocycles. The van der Waals surface area contributed by atoms with E-state index in [0.29, 0.717) is 18.4 Å². The van der Waals surface area contributed by atoms with Crippen LogP contribution in [0.15, 0.2) is 18.2 Å². The summed E-state index contributed by atoms with van der Waals surface area (Å²) in [7, 11) is 1.31. The first-order valence-corrected chi connectivity index (χ1v) is 5.21. The van der Waals surface area contributed by atoms with Crippen molar-refractivity contribution in [3.63, 3.8) is 0 Å². The molecule has 0 saturated heterocycles. The van der Waals surface area contributed by atoms with Gasteiger partial charge in [-0.25, -0.2) is 0 Å². The Hall–Kier alpha value is -1.55. The second kappa shape index (κ2) is 4.14. The fraction of sp³-hybridized carbons (Fsp3) is 0.417. The molecule has 0 aromatic heterocycles. The maximum absolute atomic E-state index is 11.4. The van der Waals surface area contributed by atoms with Gasteiger partial charge < -0.3 is 14.9 Å². The van der Waals surface area contributed by atoms with E-state index in [4.69, 9.17) is 0 Å². The van der Waals surface area contributed by atoms with Crippen molar-refractivity contribution >= 4 is 5.97 Å². The number of benzene rings is 1. The highest BCUT2D eigenvalue weighted by atomic mass is 16.5. The molecule has 2 atom stereocenters. The Morgan fingerprint density at radius 2 is 2.25 bits per heavy atom. The third-order valence-electron chi connectivity index (χ3n) is 3.10. The summed E-state index contributed by atoms with van der Waals surface area (Å²) in [5.41, 5.74) is 1.36. The SMILES string of the molecule is COC(=O)C1CCc2c(O)cccc2C1O. The van der Waals surface area contributed by atoms with Crippen LogP contribution in [-0.4, -0.2) is 23.3 Å². The molecule has 1 aliphatic carbocycles. The van der Waals surface area contributed by atoms with Crippen LogP contribution in [-0.2, 0) is 16.0 Å². The lowest BCUT2D eigenvalue weighted by atomic mass is 9.81. The number of ether oxygens (including phenoxy) is 1. The number of carbonyl (C=O) groups is 1. The number of hydrogen-bond acceptors (Lipinski definition) is 4. The van der Waals surface area contributed by atoms with Gasteiger partial charge in [0.1, 0.15) is 5.75 Å². The van der Waals surface area contributed by atoms with Gasteiger partial charge in [0.25, 0.3) is 0 Å². The number of aromatic hydroxyl groups is 1. The minimum Gasteiger partial charge on any atom is -0.508 e. The first-order chi connectivity index (χ1) is 7.65. The third kappa shape index (κ3) is 1.65. The Bertz CT molecular complexity index is 413. The van der Waals surface area contributed by atoms with Crippen molar-refractivity contribution < 1.29 is 19.7 Å². The van der Waals surface area contributed by atoms with Gasteiger partial charge in [0.05, 0.1) is 19.1 Å². The minimum absolute atomic E-state index is 0.180. The number of carbonyl (C=O) groups excluding carboxylic acids is 1. The summed E-state index contributed by atoms with van der Waals surface area (Å²) in [6, 6.07) is 4.98. The zero-order valence-electron chi connectivity index (χ0n) is 9.01. The molecule has 0 bridgehead atoms. The lowest BCUT2D eigenvalue weighted by molar-refractivity contribution is -0.150. The molecule has 0 aliphatic heterocycles. The Labute approximate surface area is 93.5 Å². The van der Waals surface area contributed by atoms with E-state index in [0.717, 1.165) is 5.56 Å². The Balaban J connectivity index is 2.36. The van der Waals surface area contributed by atoms with Gasteiger partial charge >= 0.3 is 5.97 Å². The average Bonchev–Trinajstić information content (AvgIpc) is 2.30. The number of phenolic OH excluding ortho intramolecular Hbond substituents is 1. The van der Waals surface area contributed by atoms with E-state index < -0.39 is 18.0 Å². The van der Waals surface area contributed by atoms with Gasteiger partial charge in [0.15, 0.2) is 0 Å².